The molecule has 28 heavy (non-hydrogen) atoms. The van der Waals surface area contributed by atoms with Crippen molar-refractivity contribution in [2.45, 2.75) is 5.51 Å². The number of carboxylic acid groups (broad SMARTS) is 1. The van der Waals surface area contributed by atoms with Crippen LogP contribution in [0.3, 0.4) is 0 Å². The van der Waals surface area contributed by atoms with Gasteiger partial charge in [0.15, 0.2) is 0 Å². The minimum Gasteiger partial charge on any atom is -0.477 e. The first-order valence-corrected chi connectivity index (χ1v) is 9.22. The number of fused-ring (bicyclic) bond motifs is 1. The van der Waals surface area contributed by atoms with Gasteiger partial charge in [0.2, 0.25) is 5.88 Å². The smallest absolute Gasteiger partial charge is 0.477 e. The van der Waals surface area contributed by atoms with Crippen molar-refractivity contribution < 1.29 is 35.7 Å². The van der Waals surface area contributed by atoms with Crippen molar-refractivity contribution in [1.82, 2.24) is 4.98 Å². The van der Waals surface area contributed by atoms with Crippen LogP contribution in [0.5, 0.6) is 5.88 Å². The molecule has 0 aliphatic rings. The molecule has 0 aliphatic carbocycles. The summed E-state index contributed by atoms with van der Waals surface area (Å²) in [6, 6.07) is 11.9. The van der Waals surface area contributed by atoms with Crippen molar-refractivity contribution in [2.24, 2.45) is 0 Å². The van der Waals surface area contributed by atoms with E-state index in [9.17, 15) is 31.5 Å². The van der Waals surface area contributed by atoms with E-state index >= 15 is 0 Å². The van der Waals surface area contributed by atoms with Gasteiger partial charge in [-0.25, -0.2) is 9.78 Å². The number of hydrogen-bond acceptors (Lipinski definition) is 5. The molecule has 0 amide bonds. The summed E-state index contributed by atoms with van der Waals surface area (Å²) in [6.07, 6.45) is 0. The van der Waals surface area contributed by atoms with Crippen molar-refractivity contribution in [1.29, 1.82) is 0 Å². The summed E-state index contributed by atoms with van der Waals surface area (Å²) >= 11 is 5.97. The maximum atomic E-state index is 12.7. The zero-order chi connectivity index (χ0) is 20.7. The molecule has 11 heteroatoms. The second kappa shape index (κ2) is 6.95. The van der Waals surface area contributed by atoms with Crippen molar-refractivity contribution in [3.63, 3.8) is 0 Å². The van der Waals surface area contributed by atoms with Crippen LogP contribution < -0.4 is 4.18 Å². The highest BCUT2D eigenvalue weighted by atomic mass is 35.5. The number of halogens is 4. The second-order valence-electron chi connectivity index (χ2n) is 5.48. The van der Waals surface area contributed by atoms with Gasteiger partial charge in [-0.1, -0.05) is 41.9 Å². The molecule has 3 aromatic rings. The van der Waals surface area contributed by atoms with Crippen LogP contribution >= 0.6 is 11.6 Å². The Kier molecular flexibility index (Phi) is 4.94. The lowest BCUT2D eigenvalue weighted by atomic mass is 9.96. The largest absolute Gasteiger partial charge is 0.534 e. The van der Waals surface area contributed by atoms with E-state index in [1.54, 1.807) is 18.2 Å². The molecule has 1 aromatic heterocycles. The highest BCUT2D eigenvalue weighted by molar-refractivity contribution is 7.88. The van der Waals surface area contributed by atoms with E-state index in [1.807, 2.05) is 0 Å². The highest BCUT2D eigenvalue weighted by Crippen LogP contribution is 2.39. The summed E-state index contributed by atoms with van der Waals surface area (Å²) < 4.78 is 65.2. The van der Waals surface area contributed by atoms with Crippen molar-refractivity contribution in [3.05, 3.63) is 59.1 Å². The topological polar surface area (TPSA) is 93.6 Å². The third kappa shape index (κ3) is 3.60. The van der Waals surface area contributed by atoms with E-state index in [4.69, 9.17) is 11.6 Å². The fourth-order valence-corrected chi connectivity index (χ4v) is 3.12. The lowest BCUT2D eigenvalue weighted by molar-refractivity contribution is -0.0501. The molecular weight excluding hydrogens is 423 g/mol. The summed E-state index contributed by atoms with van der Waals surface area (Å²) in [5.41, 5.74) is -6.38. The number of nitrogens with zero attached hydrogens (tertiary/aromatic N) is 1. The Morgan fingerprint density at radius 2 is 1.75 bits per heavy atom. The van der Waals surface area contributed by atoms with Gasteiger partial charge in [0.25, 0.3) is 0 Å². The first-order chi connectivity index (χ1) is 13.0. The average Bonchev–Trinajstić information content (AvgIpc) is 2.60. The van der Waals surface area contributed by atoms with Crippen molar-refractivity contribution in [3.8, 4) is 17.0 Å². The molecule has 0 bridgehead atoms. The normalized spacial score (nSPS) is 12.1. The number of benzene rings is 2. The molecule has 0 fully saturated rings. The monoisotopic (exact) mass is 431 g/mol. The number of alkyl halides is 3. The van der Waals surface area contributed by atoms with Crippen LogP contribution in [0.2, 0.25) is 5.02 Å². The maximum absolute atomic E-state index is 12.7. The number of hydrogen-bond donors (Lipinski definition) is 1. The quantitative estimate of drug-likeness (QED) is 0.483. The number of carbonyl (C=O) groups is 1. The Morgan fingerprint density at radius 1 is 1.11 bits per heavy atom. The minimum atomic E-state index is -6.13. The van der Waals surface area contributed by atoms with Crippen molar-refractivity contribution >= 4 is 38.6 Å². The molecule has 2 aromatic carbocycles. The standard InChI is InChI=1S/C17H9ClF3NO5S/c18-10-6-7-12-11(8-10)13(9-4-2-1-3-5-9)14(16(23)24)15(22-12)27-28(25,26)17(19,20)21/h1-8H,(H,23,24). The van der Waals surface area contributed by atoms with Crippen LogP contribution in [0, 0.1) is 0 Å². The lowest BCUT2D eigenvalue weighted by Gasteiger charge is -2.16. The third-order valence-corrected chi connectivity index (χ3v) is 4.84. The lowest BCUT2D eigenvalue weighted by Crippen LogP contribution is -2.29. The van der Waals surface area contributed by atoms with E-state index in [0.29, 0.717) is 5.56 Å². The highest BCUT2D eigenvalue weighted by Gasteiger charge is 2.49. The van der Waals surface area contributed by atoms with Gasteiger partial charge in [-0.05, 0) is 23.8 Å². The maximum Gasteiger partial charge on any atom is 0.534 e. The molecule has 1 N–H and O–H groups in total. The van der Waals surface area contributed by atoms with E-state index in [0.717, 1.165) is 0 Å². The van der Waals surface area contributed by atoms with E-state index in [1.165, 1.54) is 30.3 Å². The zero-order valence-electron chi connectivity index (χ0n) is 13.6. The Hall–Kier alpha value is -2.85. The Morgan fingerprint density at radius 3 is 2.32 bits per heavy atom. The molecule has 0 spiro atoms. The number of aromatic nitrogens is 1. The van der Waals surface area contributed by atoms with Crippen LogP contribution in [0.4, 0.5) is 13.2 Å². The molecule has 0 atom stereocenters. The first kappa shape index (κ1) is 19.9. The summed E-state index contributed by atoms with van der Waals surface area (Å²) in [5.74, 6) is -2.92. The van der Waals surface area contributed by atoms with Gasteiger partial charge >= 0.3 is 21.6 Å². The molecular formula is C17H9ClF3NO5S. The van der Waals surface area contributed by atoms with Crippen LogP contribution in [0.15, 0.2) is 48.5 Å². The minimum absolute atomic E-state index is 0.000581. The molecule has 6 nitrogen and oxygen atoms in total. The van der Waals surface area contributed by atoms with Crippen LogP contribution in [-0.2, 0) is 10.1 Å². The van der Waals surface area contributed by atoms with Gasteiger partial charge in [0.05, 0.1) is 5.52 Å². The predicted octanol–water partition coefficient (Wildman–Crippen LogP) is 4.48. The molecule has 1 heterocycles. The summed E-state index contributed by atoms with van der Waals surface area (Å²) in [7, 11) is -6.13. The summed E-state index contributed by atoms with van der Waals surface area (Å²) in [4.78, 5) is 15.5. The van der Waals surface area contributed by atoms with Gasteiger partial charge < -0.3 is 9.29 Å². The molecule has 3 rings (SSSR count). The van der Waals surface area contributed by atoms with Crippen LogP contribution in [0.1, 0.15) is 10.4 Å². The molecule has 0 aliphatic heterocycles. The summed E-state index contributed by atoms with van der Waals surface area (Å²) in [6.45, 7) is 0. The van der Waals surface area contributed by atoms with Gasteiger partial charge in [-0.15, -0.1) is 0 Å². The van der Waals surface area contributed by atoms with E-state index in [-0.39, 0.29) is 21.5 Å². The fraction of sp³-hybridized carbons (Fsp3) is 0.0588. The van der Waals surface area contributed by atoms with E-state index in [2.05, 4.69) is 9.17 Å². The Labute approximate surface area is 161 Å². The Bertz CT molecular complexity index is 1180. The third-order valence-electron chi connectivity index (χ3n) is 3.66. The van der Waals surface area contributed by atoms with Gasteiger partial charge in [-0.2, -0.15) is 21.6 Å². The Balaban J connectivity index is 2.42. The second-order valence-corrected chi connectivity index (χ2v) is 7.46. The van der Waals surface area contributed by atoms with E-state index < -0.39 is 33.0 Å². The number of pyridine rings is 1. The molecule has 146 valence electrons. The van der Waals surface area contributed by atoms with Gasteiger partial charge in [0.1, 0.15) is 5.56 Å². The van der Waals surface area contributed by atoms with Gasteiger partial charge in [0, 0.05) is 16.0 Å². The fourth-order valence-electron chi connectivity index (χ4n) is 2.53. The molecule has 0 radical (unpaired) electrons. The molecule has 0 unspecified atom stereocenters. The average molecular weight is 432 g/mol. The number of rotatable bonds is 4. The summed E-state index contributed by atoms with van der Waals surface area (Å²) in [5, 5.41) is 10.0. The molecule has 0 saturated carbocycles. The number of aromatic carboxylic acids is 1. The first-order valence-electron chi connectivity index (χ1n) is 7.44. The van der Waals surface area contributed by atoms with Crippen LogP contribution in [-0.4, -0.2) is 30.0 Å². The molecule has 0 saturated heterocycles. The van der Waals surface area contributed by atoms with Crippen molar-refractivity contribution in [2.75, 3.05) is 0 Å². The SMILES string of the molecule is O=C(O)c1c(OS(=O)(=O)C(F)(F)F)nc2ccc(Cl)cc2c1-c1ccccc1. The predicted molar refractivity (Wildman–Crippen MR) is 94.8 cm³/mol. The zero-order valence-corrected chi connectivity index (χ0v) is 15.1. The van der Waals surface area contributed by atoms with Gasteiger partial charge in [-0.3, -0.25) is 0 Å². The van der Waals surface area contributed by atoms with Crippen LogP contribution in [0.25, 0.3) is 22.0 Å². The number of carboxylic acids is 1.